The van der Waals surface area contributed by atoms with Crippen molar-refractivity contribution in [2.24, 2.45) is 5.92 Å². The van der Waals surface area contributed by atoms with E-state index in [9.17, 15) is 19.3 Å². The van der Waals surface area contributed by atoms with E-state index in [0.29, 0.717) is 18.0 Å². The number of hydrogen-bond donors (Lipinski definition) is 2. The van der Waals surface area contributed by atoms with Crippen molar-refractivity contribution in [2.45, 2.75) is 28.6 Å². The molecule has 3 atom stereocenters. The van der Waals surface area contributed by atoms with Gasteiger partial charge in [0.15, 0.2) is 5.50 Å². The summed E-state index contributed by atoms with van der Waals surface area (Å²) in [6, 6.07) is 3.50. The summed E-state index contributed by atoms with van der Waals surface area (Å²) in [5, 5.41) is 19.5. The van der Waals surface area contributed by atoms with Gasteiger partial charge in [-0.15, -0.1) is 0 Å². The maximum absolute atomic E-state index is 14.4. The third-order valence-electron chi connectivity index (χ3n) is 4.91. The van der Waals surface area contributed by atoms with Gasteiger partial charge in [0.05, 0.1) is 0 Å². The average molecular weight is 337 g/mol. The molecule has 3 aliphatic rings. The summed E-state index contributed by atoms with van der Waals surface area (Å²) >= 11 is 0.938. The highest BCUT2D eigenvalue weighted by Gasteiger charge is 2.54. The first-order valence-corrected chi connectivity index (χ1v) is 8.58. The van der Waals surface area contributed by atoms with Crippen LogP contribution in [-0.4, -0.2) is 53.8 Å². The average Bonchev–Trinajstić information content (AvgIpc) is 3.24. The van der Waals surface area contributed by atoms with Crippen LogP contribution in [0.25, 0.3) is 0 Å². The number of hydrogen-bond acceptors (Lipinski definition) is 5. The zero-order chi connectivity index (χ0) is 16.3. The Bertz CT molecular complexity index is 669. The minimum atomic E-state index is -1.15. The number of halogens is 1. The molecule has 2 fully saturated rings. The second kappa shape index (κ2) is 5.39. The Morgan fingerprint density at radius 3 is 2.91 bits per heavy atom. The maximum Gasteiger partial charge on any atom is 0.526 e. The van der Waals surface area contributed by atoms with Crippen molar-refractivity contribution in [3.63, 3.8) is 0 Å². The number of likely N-dealkylation sites (tertiary alicyclic amines) is 1. The lowest BCUT2D eigenvalue weighted by atomic mass is 9.77. The summed E-state index contributed by atoms with van der Waals surface area (Å²) in [6.07, 6.45) is 0.805. The van der Waals surface area contributed by atoms with Crippen LogP contribution in [0.4, 0.5) is 4.39 Å². The number of carboxylic acids is 1. The fraction of sp³-hybridized carbons (Fsp3) is 0.533. The van der Waals surface area contributed by atoms with E-state index in [2.05, 4.69) is 0 Å². The highest BCUT2D eigenvalue weighted by atomic mass is 32.2. The van der Waals surface area contributed by atoms with Crippen LogP contribution in [0.3, 0.4) is 0 Å². The Balaban J connectivity index is 1.65. The molecule has 2 heterocycles. The van der Waals surface area contributed by atoms with E-state index in [1.54, 1.807) is 6.07 Å². The van der Waals surface area contributed by atoms with Gasteiger partial charge in [-0.1, -0.05) is 17.8 Å². The van der Waals surface area contributed by atoms with Crippen LogP contribution >= 0.6 is 11.8 Å². The first-order chi connectivity index (χ1) is 11.0. The lowest BCUT2D eigenvalue weighted by Crippen LogP contribution is -2.47. The zero-order valence-corrected chi connectivity index (χ0v) is 13.4. The molecule has 0 amide bonds. The first kappa shape index (κ1) is 15.3. The van der Waals surface area contributed by atoms with Crippen LogP contribution in [0.1, 0.15) is 28.3 Å². The summed E-state index contributed by atoms with van der Waals surface area (Å²) in [5.74, 6) is -0.795. The van der Waals surface area contributed by atoms with Gasteiger partial charge in [-0.05, 0) is 31.0 Å². The van der Waals surface area contributed by atoms with Gasteiger partial charge in [0.1, 0.15) is 11.3 Å². The van der Waals surface area contributed by atoms with Crippen LogP contribution in [-0.2, 0) is 0 Å². The Morgan fingerprint density at radius 2 is 2.26 bits per heavy atom. The molecule has 23 heavy (non-hydrogen) atoms. The van der Waals surface area contributed by atoms with Crippen LogP contribution in [0, 0.1) is 5.92 Å². The molecule has 1 aromatic carbocycles. The molecule has 5 nitrogen and oxygen atoms in total. The van der Waals surface area contributed by atoms with E-state index in [1.165, 1.54) is 0 Å². The number of carbonyl (C=O) groups is 1. The van der Waals surface area contributed by atoms with Crippen LogP contribution in [0.15, 0.2) is 17.0 Å². The fourth-order valence-corrected chi connectivity index (χ4v) is 4.58. The first-order valence-electron chi connectivity index (χ1n) is 7.70. The van der Waals surface area contributed by atoms with Gasteiger partial charge in [-0.2, -0.15) is 0 Å². The van der Waals surface area contributed by atoms with E-state index in [0.717, 1.165) is 23.7 Å². The van der Waals surface area contributed by atoms with E-state index in [1.807, 2.05) is 18.0 Å². The van der Waals surface area contributed by atoms with Gasteiger partial charge in [0, 0.05) is 29.7 Å². The molecule has 2 N–H and O–H groups in total. The minimum Gasteiger partial charge on any atom is -0.535 e. The standard InChI is InChI=1S/C15H17BFNO4S/c1-18-5-7(6-18)14(17)23-11-3-2-8-9-4-10(9)16(21)22-13(8)12(11)15(19)20/h2-3,7,9-10,14,21H,4-6H2,1H3,(H,19,20). The fourth-order valence-electron chi connectivity index (χ4n) is 3.53. The molecule has 3 unspecified atom stereocenters. The van der Waals surface area contributed by atoms with Crippen LogP contribution in [0.5, 0.6) is 5.75 Å². The number of rotatable bonds is 4. The highest BCUT2D eigenvalue weighted by Crippen LogP contribution is 2.60. The van der Waals surface area contributed by atoms with Crippen molar-refractivity contribution >= 4 is 24.8 Å². The largest absolute Gasteiger partial charge is 0.535 e. The molecule has 0 aromatic heterocycles. The molecule has 0 spiro atoms. The van der Waals surface area contributed by atoms with Gasteiger partial charge in [-0.25, -0.2) is 9.18 Å². The van der Waals surface area contributed by atoms with E-state index < -0.39 is 18.6 Å². The normalized spacial score (nSPS) is 27.5. The van der Waals surface area contributed by atoms with Crippen molar-refractivity contribution < 1.29 is 24.0 Å². The Hall–Kier alpha value is -1.25. The number of fused-ring (bicyclic) bond motifs is 3. The van der Waals surface area contributed by atoms with Gasteiger partial charge >= 0.3 is 13.1 Å². The third-order valence-corrected chi connectivity index (χ3v) is 6.11. The van der Waals surface area contributed by atoms with Gasteiger partial charge in [-0.3, -0.25) is 0 Å². The summed E-state index contributed by atoms with van der Waals surface area (Å²) in [4.78, 5) is 14.1. The molecule has 4 rings (SSSR count). The zero-order valence-electron chi connectivity index (χ0n) is 12.6. The van der Waals surface area contributed by atoms with Crippen molar-refractivity contribution in [2.75, 3.05) is 20.1 Å². The SMILES string of the molecule is CN1CC(C(F)Sc2ccc3c(c2C(=O)O)OB(O)C2CC32)C1. The molecule has 2 aliphatic heterocycles. The predicted molar refractivity (Wildman–Crippen MR) is 84.9 cm³/mol. The Labute approximate surface area is 138 Å². The van der Waals surface area contributed by atoms with E-state index in [-0.39, 0.29) is 29.0 Å². The maximum atomic E-state index is 14.4. The van der Waals surface area contributed by atoms with Crippen LogP contribution in [0.2, 0.25) is 5.82 Å². The number of aromatic carboxylic acids is 1. The van der Waals surface area contributed by atoms with Crippen LogP contribution < -0.4 is 4.65 Å². The lowest BCUT2D eigenvalue weighted by Gasteiger charge is -2.37. The number of benzene rings is 1. The third kappa shape index (κ3) is 2.53. The van der Waals surface area contributed by atoms with Gasteiger partial charge in [0.2, 0.25) is 0 Å². The molecule has 0 radical (unpaired) electrons. The Morgan fingerprint density at radius 1 is 1.52 bits per heavy atom. The summed E-state index contributed by atoms with van der Waals surface area (Å²) < 4.78 is 19.8. The summed E-state index contributed by atoms with van der Waals surface area (Å²) in [7, 11) is 0.962. The smallest absolute Gasteiger partial charge is 0.526 e. The molecule has 0 bridgehead atoms. The molecular formula is C15H17BFNO4S. The van der Waals surface area contributed by atoms with Gasteiger partial charge in [0.25, 0.3) is 0 Å². The highest BCUT2D eigenvalue weighted by molar-refractivity contribution is 7.99. The Kier molecular flexibility index (Phi) is 3.59. The monoisotopic (exact) mass is 337 g/mol. The molecule has 1 saturated carbocycles. The molecule has 8 heteroatoms. The molecular weight excluding hydrogens is 320 g/mol. The quantitative estimate of drug-likeness (QED) is 0.648. The molecule has 122 valence electrons. The minimum absolute atomic E-state index is 0.0211. The van der Waals surface area contributed by atoms with E-state index >= 15 is 0 Å². The van der Waals surface area contributed by atoms with E-state index in [4.69, 9.17) is 4.65 Å². The molecule has 1 aromatic rings. The number of thioether (sulfide) groups is 1. The van der Waals surface area contributed by atoms with Crippen molar-refractivity contribution in [1.29, 1.82) is 0 Å². The topological polar surface area (TPSA) is 70.0 Å². The van der Waals surface area contributed by atoms with Crippen molar-refractivity contribution in [1.82, 2.24) is 4.90 Å². The lowest BCUT2D eigenvalue weighted by molar-refractivity contribution is 0.0690. The molecule has 1 aliphatic carbocycles. The molecule has 1 saturated heterocycles. The number of carboxylic acid groups (broad SMARTS) is 1. The van der Waals surface area contributed by atoms with Crippen molar-refractivity contribution in [3.8, 4) is 5.75 Å². The summed E-state index contributed by atoms with van der Waals surface area (Å²) in [5.41, 5.74) is -0.349. The predicted octanol–water partition coefficient (Wildman–Crippen LogP) is 2.06. The number of nitrogens with zero attached hydrogens (tertiary/aromatic N) is 1. The second-order valence-corrected chi connectivity index (χ2v) is 7.75. The second-order valence-electron chi connectivity index (χ2n) is 6.63. The van der Waals surface area contributed by atoms with Gasteiger partial charge < -0.3 is 19.7 Å². The van der Waals surface area contributed by atoms with Crippen molar-refractivity contribution in [3.05, 3.63) is 23.3 Å². The number of alkyl halides is 1. The summed E-state index contributed by atoms with van der Waals surface area (Å²) in [6.45, 7) is 1.36.